The van der Waals surface area contributed by atoms with Crippen molar-refractivity contribution in [2.75, 3.05) is 26.2 Å². The van der Waals surface area contributed by atoms with Gasteiger partial charge in [0, 0.05) is 29.1 Å². The van der Waals surface area contributed by atoms with Gasteiger partial charge in [-0.2, -0.15) is 26.3 Å². The van der Waals surface area contributed by atoms with Crippen LogP contribution in [0.1, 0.15) is 79.0 Å². The Hall–Kier alpha value is -4.01. The van der Waals surface area contributed by atoms with E-state index in [-0.39, 0.29) is 50.3 Å². The molecule has 3 aromatic carbocycles. The van der Waals surface area contributed by atoms with Crippen molar-refractivity contribution in [3.05, 3.63) is 95.1 Å². The molecule has 4 aromatic rings. The van der Waals surface area contributed by atoms with Crippen LogP contribution in [0.4, 0.5) is 26.3 Å². The number of fused-ring (bicyclic) bond motifs is 1. The number of likely N-dealkylation sites (tertiary alicyclic amines) is 2. The van der Waals surface area contributed by atoms with Crippen LogP contribution in [-0.4, -0.2) is 72.8 Å². The standard InChI is InChI=1S/C39H42F6N4O3S/c1-25(2)53(51,52)30-14-15-33-31(23-30)34(37(50)47-36(39(43,44)45)26-10-5-3-6-11-26)32(35(46-33)27-12-9-13-28(22-27)38(40,41)42)24-48-20-16-29(17-21-48)49-18-7-4-8-19-49/h3,5-6,9-15,22-23,25,29,36H,4,7-8,16-21,24H2,1-2H3,(H,47,50)/t36-/m1/s1. The maximum atomic E-state index is 14.6. The number of amides is 1. The number of halogens is 6. The van der Waals surface area contributed by atoms with Crippen molar-refractivity contribution in [3.8, 4) is 11.3 Å². The highest BCUT2D eigenvalue weighted by Crippen LogP contribution is 2.39. The van der Waals surface area contributed by atoms with Gasteiger partial charge in [0.2, 0.25) is 0 Å². The molecule has 0 radical (unpaired) electrons. The first-order valence-electron chi connectivity index (χ1n) is 17.8. The van der Waals surface area contributed by atoms with Crippen molar-refractivity contribution in [2.45, 2.75) is 87.1 Å². The van der Waals surface area contributed by atoms with Crippen LogP contribution in [0.25, 0.3) is 22.2 Å². The van der Waals surface area contributed by atoms with Gasteiger partial charge in [-0.25, -0.2) is 13.4 Å². The Balaban J connectivity index is 1.54. The fourth-order valence-electron chi connectivity index (χ4n) is 7.38. The first-order chi connectivity index (χ1) is 25.0. The zero-order valence-corrected chi connectivity index (χ0v) is 30.3. The lowest BCUT2D eigenvalue weighted by molar-refractivity contribution is -0.155. The number of carbonyl (C=O) groups excluding carboxylic acids is 1. The maximum Gasteiger partial charge on any atom is 0.416 e. The lowest BCUT2D eigenvalue weighted by Crippen LogP contribution is -2.46. The van der Waals surface area contributed by atoms with E-state index >= 15 is 0 Å². The fourth-order valence-corrected chi connectivity index (χ4v) is 8.46. The van der Waals surface area contributed by atoms with Gasteiger partial charge in [0.05, 0.1) is 32.5 Å². The van der Waals surface area contributed by atoms with Gasteiger partial charge in [-0.05, 0) is 102 Å². The number of piperidine rings is 2. The molecule has 6 rings (SSSR count). The predicted molar refractivity (Wildman–Crippen MR) is 191 cm³/mol. The van der Waals surface area contributed by atoms with E-state index in [1.165, 1.54) is 74.9 Å². The molecule has 2 saturated heterocycles. The summed E-state index contributed by atoms with van der Waals surface area (Å²) in [6, 6.07) is 13.0. The van der Waals surface area contributed by atoms with Crippen molar-refractivity contribution < 1.29 is 39.6 Å². The van der Waals surface area contributed by atoms with Gasteiger partial charge in [-0.3, -0.25) is 9.69 Å². The third-order valence-corrected chi connectivity index (χ3v) is 12.4. The van der Waals surface area contributed by atoms with Crippen molar-refractivity contribution in [3.63, 3.8) is 0 Å². The average Bonchev–Trinajstić information content (AvgIpc) is 3.13. The van der Waals surface area contributed by atoms with Crippen molar-refractivity contribution in [2.24, 2.45) is 0 Å². The molecule has 1 N–H and O–H groups in total. The van der Waals surface area contributed by atoms with E-state index in [0.717, 1.165) is 50.9 Å². The van der Waals surface area contributed by atoms with E-state index in [1.54, 1.807) is 6.07 Å². The molecule has 0 bridgehead atoms. The number of pyridine rings is 1. The van der Waals surface area contributed by atoms with Crippen LogP contribution in [0.15, 0.2) is 77.7 Å². The number of aromatic nitrogens is 1. The molecule has 2 fully saturated rings. The summed E-state index contributed by atoms with van der Waals surface area (Å²) in [5.74, 6) is -1.16. The SMILES string of the molecule is CC(C)S(=O)(=O)c1ccc2nc(-c3cccc(C(F)(F)F)c3)c(CN3CCC(N4CCCCC4)CC3)c(C(=O)N[C@H](c3ccccc3)C(F)(F)F)c2c1. The molecule has 14 heteroatoms. The largest absolute Gasteiger partial charge is 0.416 e. The predicted octanol–water partition coefficient (Wildman–Crippen LogP) is 8.59. The fraction of sp³-hybridized carbons (Fsp3) is 0.436. The summed E-state index contributed by atoms with van der Waals surface area (Å²) in [6.07, 6.45) is -4.61. The van der Waals surface area contributed by atoms with Gasteiger partial charge in [0.15, 0.2) is 15.9 Å². The number of hydrogen-bond donors (Lipinski definition) is 1. The van der Waals surface area contributed by atoms with Crippen LogP contribution in [0, 0.1) is 0 Å². The smallest absolute Gasteiger partial charge is 0.337 e. The van der Waals surface area contributed by atoms with E-state index < -0.39 is 45.0 Å². The van der Waals surface area contributed by atoms with Crippen LogP contribution >= 0.6 is 0 Å². The van der Waals surface area contributed by atoms with Gasteiger partial charge in [-0.1, -0.05) is 48.9 Å². The molecule has 1 aromatic heterocycles. The summed E-state index contributed by atoms with van der Waals surface area (Å²) in [5.41, 5.74) is -1.30. The molecule has 284 valence electrons. The summed E-state index contributed by atoms with van der Waals surface area (Å²) >= 11 is 0. The van der Waals surface area contributed by atoms with E-state index in [4.69, 9.17) is 4.98 Å². The molecular weight excluding hydrogens is 719 g/mol. The summed E-state index contributed by atoms with van der Waals surface area (Å²) in [7, 11) is -3.92. The topological polar surface area (TPSA) is 82.6 Å². The van der Waals surface area contributed by atoms with Gasteiger partial charge in [0.25, 0.3) is 5.91 Å². The minimum atomic E-state index is -4.92. The number of sulfone groups is 1. The van der Waals surface area contributed by atoms with Gasteiger partial charge in [-0.15, -0.1) is 0 Å². The Labute approximate surface area is 305 Å². The number of carbonyl (C=O) groups is 1. The van der Waals surface area contributed by atoms with Crippen molar-refractivity contribution in [1.29, 1.82) is 0 Å². The molecule has 1 atom stereocenters. The van der Waals surface area contributed by atoms with Crippen LogP contribution in [0.3, 0.4) is 0 Å². The molecule has 2 aliphatic rings. The number of nitrogens with zero attached hydrogens (tertiary/aromatic N) is 3. The minimum Gasteiger partial charge on any atom is -0.337 e. The van der Waals surface area contributed by atoms with Gasteiger partial charge < -0.3 is 10.2 Å². The molecule has 1 amide bonds. The lowest BCUT2D eigenvalue weighted by Gasteiger charge is -2.40. The highest BCUT2D eigenvalue weighted by Gasteiger charge is 2.43. The molecule has 0 aliphatic carbocycles. The second-order valence-corrected chi connectivity index (χ2v) is 16.6. The lowest BCUT2D eigenvalue weighted by atomic mass is 9.93. The molecule has 53 heavy (non-hydrogen) atoms. The Morgan fingerprint density at radius 3 is 2.17 bits per heavy atom. The molecule has 0 saturated carbocycles. The maximum absolute atomic E-state index is 14.6. The number of nitrogens with one attached hydrogen (secondary N) is 1. The van der Waals surface area contributed by atoms with Gasteiger partial charge >= 0.3 is 12.4 Å². The first kappa shape index (κ1) is 38.7. The normalized spacial score (nSPS) is 17.7. The molecule has 2 aliphatic heterocycles. The summed E-state index contributed by atoms with van der Waals surface area (Å²) in [5, 5.41) is 1.28. The molecule has 3 heterocycles. The molecule has 0 unspecified atom stereocenters. The summed E-state index contributed by atoms with van der Waals surface area (Å²) < 4.78 is 113. The second-order valence-electron chi connectivity index (χ2n) is 14.1. The molecule has 0 spiro atoms. The van der Waals surface area contributed by atoms with Crippen LogP contribution in [0.5, 0.6) is 0 Å². The third kappa shape index (κ3) is 8.54. The average molecular weight is 761 g/mol. The monoisotopic (exact) mass is 760 g/mol. The van der Waals surface area contributed by atoms with Crippen LogP contribution in [-0.2, 0) is 22.6 Å². The van der Waals surface area contributed by atoms with Crippen LogP contribution < -0.4 is 5.32 Å². The number of benzene rings is 3. The van der Waals surface area contributed by atoms with Crippen LogP contribution in [0.2, 0.25) is 0 Å². The van der Waals surface area contributed by atoms with E-state index in [0.29, 0.717) is 19.1 Å². The Morgan fingerprint density at radius 1 is 0.868 bits per heavy atom. The quantitative estimate of drug-likeness (QED) is 0.172. The van der Waals surface area contributed by atoms with Gasteiger partial charge in [0.1, 0.15) is 0 Å². The highest BCUT2D eigenvalue weighted by molar-refractivity contribution is 7.92. The summed E-state index contributed by atoms with van der Waals surface area (Å²) in [4.78, 5) is 23.6. The zero-order chi connectivity index (χ0) is 38.1. The van der Waals surface area contributed by atoms with Crippen molar-refractivity contribution >= 4 is 26.6 Å². The van der Waals surface area contributed by atoms with E-state index in [9.17, 15) is 39.6 Å². The van der Waals surface area contributed by atoms with E-state index in [1.807, 2.05) is 4.90 Å². The first-order valence-corrected chi connectivity index (χ1v) is 19.4. The van der Waals surface area contributed by atoms with Crippen molar-refractivity contribution in [1.82, 2.24) is 20.1 Å². The second kappa shape index (κ2) is 15.4. The summed E-state index contributed by atoms with van der Waals surface area (Å²) in [6.45, 7) is 6.09. The number of alkyl halides is 6. The molecular formula is C39H42F6N4O3S. The minimum absolute atomic E-state index is 0.00496. The zero-order valence-electron chi connectivity index (χ0n) is 29.5. The number of rotatable bonds is 9. The third-order valence-electron chi connectivity index (χ3n) is 10.3. The Kier molecular flexibility index (Phi) is 11.2. The Morgan fingerprint density at radius 2 is 1.55 bits per heavy atom. The number of hydrogen-bond acceptors (Lipinski definition) is 6. The Bertz CT molecular complexity index is 2040. The van der Waals surface area contributed by atoms with E-state index in [2.05, 4.69) is 10.2 Å². The highest BCUT2D eigenvalue weighted by atomic mass is 32.2. The molecule has 7 nitrogen and oxygen atoms in total.